The third-order valence-corrected chi connectivity index (χ3v) is 3.68. The number of hydrogen-bond donors (Lipinski definition) is 0. The molecule has 2 amide bonds. The van der Waals surface area contributed by atoms with Crippen LogP contribution in [0, 0.1) is 0 Å². The van der Waals surface area contributed by atoms with Crippen LogP contribution in [0.15, 0.2) is 24.3 Å². The molecule has 1 heterocycles. The Morgan fingerprint density at radius 3 is 2.20 bits per heavy atom. The number of imide groups is 1. The van der Waals surface area contributed by atoms with Crippen molar-refractivity contribution in [2.75, 3.05) is 0 Å². The first kappa shape index (κ1) is 14.5. The van der Waals surface area contributed by atoms with Crippen molar-refractivity contribution in [1.29, 1.82) is 0 Å². The fourth-order valence-electron chi connectivity index (χ4n) is 1.65. The fourth-order valence-corrected chi connectivity index (χ4v) is 2.63. The summed E-state index contributed by atoms with van der Waals surface area (Å²) in [6.45, 7) is 0. The summed E-state index contributed by atoms with van der Waals surface area (Å²) in [6, 6.07) is 4.14. The second-order valence-electron chi connectivity index (χ2n) is 3.92. The minimum absolute atomic E-state index is 0.121. The van der Waals surface area contributed by atoms with E-state index < -0.39 is 37.5 Å². The summed E-state index contributed by atoms with van der Waals surface area (Å²) in [5.41, 5.74) is -1.12. The molecule has 0 aliphatic carbocycles. The lowest BCUT2D eigenvalue weighted by atomic mass is 10.2. The van der Waals surface area contributed by atoms with Gasteiger partial charge < -0.3 is 0 Å². The van der Waals surface area contributed by atoms with Crippen molar-refractivity contribution in [3.8, 4) is 5.75 Å². The van der Waals surface area contributed by atoms with Gasteiger partial charge in [0, 0.05) is 17.4 Å². The van der Waals surface area contributed by atoms with Crippen molar-refractivity contribution in [3.05, 3.63) is 29.8 Å². The maximum Gasteiger partial charge on any atom is 0.707 e. The third-order valence-electron chi connectivity index (χ3n) is 2.56. The van der Waals surface area contributed by atoms with E-state index in [9.17, 15) is 27.3 Å². The normalized spacial score (nSPS) is 16.6. The van der Waals surface area contributed by atoms with Gasteiger partial charge in [0.2, 0.25) is 5.75 Å². The van der Waals surface area contributed by atoms with Gasteiger partial charge in [0.1, 0.15) is 5.56 Å². The Balaban J connectivity index is 2.25. The van der Waals surface area contributed by atoms with Crippen LogP contribution in [0.4, 0.5) is 13.2 Å². The standard InChI is InChI=1S/C11H8F3NO4P/c12-11(13,14)7-3-1-2-4-8(7)19-20(18)15-9(16)5-6-10(15)17/h1-4H,5-6H2/q+1. The number of benzene rings is 1. The smallest absolute Gasteiger partial charge is 0.270 e. The summed E-state index contributed by atoms with van der Waals surface area (Å²) in [5, 5.41) is 0. The summed E-state index contributed by atoms with van der Waals surface area (Å²) >= 11 is 0. The number of nitrogens with zero attached hydrogens (tertiary/aromatic N) is 1. The average molecular weight is 306 g/mol. The molecule has 1 aromatic carbocycles. The molecule has 1 unspecified atom stereocenters. The van der Waals surface area contributed by atoms with E-state index in [1.807, 2.05) is 0 Å². The summed E-state index contributed by atoms with van der Waals surface area (Å²) in [4.78, 5) is 22.6. The van der Waals surface area contributed by atoms with Gasteiger partial charge in [-0.15, -0.1) is 0 Å². The monoisotopic (exact) mass is 306 g/mol. The molecule has 1 saturated heterocycles. The molecular weight excluding hydrogens is 298 g/mol. The Kier molecular flexibility index (Phi) is 3.76. The van der Waals surface area contributed by atoms with E-state index in [0.717, 1.165) is 18.2 Å². The van der Waals surface area contributed by atoms with Crippen molar-refractivity contribution in [3.63, 3.8) is 0 Å². The van der Waals surface area contributed by atoms with Crippen molar-refractivity contribution < 1.29 is 31.8 Å². The molecule has 1 aromatic rings. The minimum atomic E-state index is -4.69. The van der Waals surface area contributed by atoms with Gasteiger partial charge in [-0.2, -0.15) is 13.2 Å². The highest BCUT2D eigenvalue weighted by Gasteiger charge is 2.48. The highest BCUT2D eigenvalue weighted by atomic mass is 31.1. The zero-order chi connectivity index (χ0) is 14.9. The Labute approximate surface area is 112 Å². The molecule has 0 spiro atoms. The predicted molar refractivity (Wildman–Crippen MR) is 60.8 cm³/mol. The van der Waals surface area contributed by atoms with E-state index in [1.165, 1.54) is 6.07 Å². The van der Waals surface area contributed by atoms with Crippen LogP contribution in [0.3, 0.4) is 0 Å². The van der Waals surface area contributed by atoms with Crippen molar-refractivity contribution >= 4 is 20.0 Å². The molecule has 1 fully saturated rings. The van der Waals surface area contributed by atoms with Crippen molar-refractivity contribution in [2.45, 2.75) is 19.0 Å². The molecule has 0 aromatic heterocycles. The predicted octanol–water partition coefficient (Wildman–Crippen LogP) is 2.89. The van der Waals surface area contributed by atoms with Crippen LogP contribution in [0.1, 0.15) is 18.4 Å². The summed E-state index contributed by atoms with van der Waals surface area (Å²) in [6.07, 6.45) is -4.93. The van der Waals surface area contributed by atoms with Gasteiger partial charge in [0.15, 0.2) is 0 Å². The third kappa shape index (κ3) is 2.80. The van der Waals surface area contributed by atoms with E-state index >= 15 is 0 Å². The highest BCUT2D eigenvalue weighted by Crippen LogP contribution is 2.41. The van der Waals surface area contributed by atoms with Crippen LogP contribution < -0.4 is 4.52 Å². The lowest BCUT2D eigenvalue weighted by Crippen LogP contribution is -2.22. The number of hydrogen-bond acceptors (Lipinski definition) is 4. The number of halogens is 3. The lowest BCUT2D eigenvalue weighted by molar-refractivity contribution is -0.138. The first-order valence-corrected chi connectivity index (χ1v) is 6.61. The summed E-state index contributed by atoms with van der Waals surface area (Å²) in [7, 11) is -3.02. The second-order valence-corrected chi connectivity index (χ2v) is 4.98. The Morgan fingerprint density at radius 1 is 1.10 bits per heavy atom. The SMILES string of the molecule is O=C1CCC(=O)N1[P+](=O)Oc1ccccc1C(F)(F)F. The Hall–Kier alpha value is -1.95. The fraction of sp³-hybridized carbons (Fsp3) is 0.273. The van der Waals surface area contributed by atoms with E-state index in [2.05, 4.69) is 4.52 Å². The maximum absolute atomic E-state index is 12.7. The first-order chi connectivity index (χ1) is 9.30. The first-order valence-electron chi connectivity index (χ1n) is 5.48. The van der Waals surface area contributed by atoms with Gasteiger partial charge in [-0.25, -0.2) is 4.52 Å². The number of alkyl halides is 3. The van der Waals surface area contributed by atoms with Crippen LogP contribution in [0.2, 0.25) is 0 Å². The van der Waals surface area contributed by atoms with Gasteiger partial charge in [-0.3, -0.25) is 9.59 Å². The lowest BCUT2D eigenvalue weighted by Gasteiger charge is -2.08. The number of amides is 2. The molecule has 5 nitrogen and oxygen atoms in total. The van der Waals surface area contributed by atoms with E-state index in [0.29, 0.717) is 4.67 Å². The topological polar surface area (TPSA) is 63.7 Å². The van der Waals surface area contributed by atoms with Crippen molar-refractivity contribution in [2.24, 2.45) is 0 Å². The molecule has 0 N–H and O–H groups in total. The van der Waals surface area contributed by atoms with Crippen LogP contribution >= 0.6 is 8.18 Å². The van der Waals surface area contributed by atoms with Crippen LogP contribution in [-0.4, -0.2) is 16.5 Å². The molecule has 20 heavy (non-hydrogen) atoms. The molecule has 0 bridgehead atoms. The molecule has 0 saturated carbocycles. The molecule has 2 rings (SSSR count). The quantitative estimate of drug-likeness (QED) is 0.636. The molecule has 1 aliphatic rings. The summed E-state index contributed by atoms with van der Waals surface area (Å²) < 4.78 is 54.9. The largest absolute Gasteiger partial charge is 0.707 e. The zero-order valence-electron chi connectivity index (χ0n) is 9.88. The number of carbonyl (C=O) groups excluding carboxylic acids is 2. The average Bonchev–Trinajstić information content (AvgIpc) is 2.68. The molecule has 1 atom stereocenters. The van der Waals surface area contributed by atoms with Crippen molar-refractivity contribution in [1.82, 2.24) is 4.67 Å². The summed E-state index contributed by atoms with van der Waals surface area (Å²) in [5.74, 6) is -2.13. The maximum atomic E-state index is 12.7. The second kappa shape index (κ2) is 5.20. The number of carbonyl (C=O) groups is 2. The van der Waals surface area contributed by atoms with Crippen LogP contribution in [0.5, 0.6) is 5.75 Å². The van der Waals surface area contributed by atoms with E-state index in [4.69, 9.17) is 0 Å². The molecule has 1 aliphatic heterocycles. The molecule has 0 radical (unpaired) electrons. The van der Waals surface area contributed by atoms with E-state index in [-0.39, 0.29) is 12.8 Å². The number of para-hydroxylation sites is 1. The highest BCUT2D eigenvalue weighted by molar-refractivity contribution is 7.38. The minimum Gasteiger partial charge on any atom is -0.270 e. The Morgan fingerprint density at radius 2 is 1.65 bits per heavy atom. The van der Waals surface area contributed by atoms with Crippen LogP contribution in [0.25, 0.3) is 0 Å². The van der Waals surface area contributed by atoms with Gasteiger partial charge in [0.25, 0.3) is 11.8 Å². The van der Waals surface area contributed by atoms with Gasteiger partial charge in [0.05, 0.1) is 0 Å². The van der Waals surface area contributed by atoms with Crippen LogP contribution in [-0.2, 0) is 20.3 Å². The zero-order valence-corrected chi connectivity index (χ0v) is 10.8. The molecule has 106 valence electrons. The van der Waals surface area contributed by atoms with E-state index in [1.54, 1.807) is 0 Å². The van der Waals surface area contributed by atoms with Gasteiger partial charge in [-0.05, 0) is 16.8 Å². The molecule has 9 heteroatoms. The van der Waals surface area contributed by atoms with Gasteiger partial charge >= 0.3 is 14.4 Å². The Bertz CT molecular complexity index is 571. The molecular formula is C11H8F3NO4P+. The van der Waals surface area contributed by atoms with Gasteiger partial charge in [-0.1, -0.05) is 12.1 Å². The number of rotatable bonds is 3.